The highest BCUT2D eigenvalue weighted by Crippen LogP contribution is 2.34. The summed E-state index contributed by atoms with van der Waals surface area (Å²) in [6, 6.07) is 27.9. The van der Waals surface area contributed by atoms with Crippen molar-refractivity contribution in [1.82, 2.24) is 10.2 Å². The van der Waals surface area contributed by atoms with Gasteiger partial charge in [0, 0.05) is 19.0 Å². The number of carbonyl (C=O) groups excluding carboxylic acids is 2. The SMILES string of the molecule is CC[C@H](C)NC(=O)[C@H](Cc1ccccc1)N(Cc1ccccc1C)C(=O)CN(c1cc(C)ccc1OC)S(=O)(=O)c1ccc(C)cc1. The molecule has 0 unspecified atom stereocenters. The zero-order valence-electron chi connectivity index (χ0n) is 28.1. The van der Waals surface area contributed by atoms with Crippen LogP contribution in [0.2, 0.25) is 0 Å². The minimum Gasteiger partial charge on any atom is -0.495 e. The van der Waals surface area contributed by atoms with Gasteiger partial charge >= 0.3 is 0 Å². The summed E-state index contributed by atoms with van der Waals surface area (Å²) in [5.41, 5.74) is 4.63. The van der Waals surface area contributed by atoms with E-state index < -0.39 is 28.5 Å². The molecule has 0 radical (unpaired) electrons. The van der Waals surface area contributed by atoms with E-state index in [1.54, 1.807) is 24.3 Å². The molecule has 0 aliphatic carbocycles. The normalized spacial score (nSPS) is 12.6. The third-order valence-electron chi connectivity index (χ3n) is 8.36. The Bertz CT molecular complexity index is 1780. The molecule has 0 bridgehead atoms. The molecule has 4 aromatic carbocycles. The number of rotatable bonds is 14. The van der Waals surface area contributed by atoms with Crippen molar-refractivity contribution in [2.75, 3.05) is 18.0 Å². The van der Waals surface area contributed by atoms with Crippen LogP contribution >= 0.6 is 0 Å². The van der Waals surface area contributed by atoms with Crippen LogP contribution in [0.4, 0.5) is 5.69 Å². The number of hydrogen-bond acceptors (Lipinski definition) is 5. The van der Waals surface area contributed by atoms with Gasteiger partial charge in [-0.1, -0.05) is 85.3 Å². The fraction of sp³-hybridized carbons (Fsp3) is 0.316. The van der Waals surface area contributed by atoms with Crippen molar-refractivity contribution >= 4 is 27.5 Å². The quantitative estimate of drug-likeness (QED) is 0.170. The van der Waals surface area contributed by atoms with Gasteiger partial charge in [-0.2, -0.15) is 0 Å². The first-order chi connectivity index (χ1) is 22.4. The van der Waals surface area contributed by atoms with Crippen LogP contribution in [0.15, 0.2) is 102 Å². The number of nitrogens with zero attached hydrogens (tertiary/aromatic N) is 2. The zero-order chi connectivity index (χ0) is 34.1. The fourth-order valence-electron chi connectivity index (χ4n) is 5.31. The molecule has 0 heterocycles. The van der Waals surface area contributed by atoms with E-state index in [1.807, 2.05) is 95.3 Å². The van der Waals surface area contributed by atoms with Gasteiger partial charge in [-0.15, -0.1) is 0 Å². The van der Waals surface area contributed by atoms with E-state index in [4.69, 9.17) is 4.74 Å². The molecule has 0 spiro atoms. The van der Waals surface area contributed by atoms with Gasteiger partial charge in [-0.05, 0) is 80.6 Å². The number of amides is 2. The van der Waals surface area contributed by atoms with E-state index in [9.17, 15) is 18.0 Å². The van der Waals surface area contributed by atoms with E-state index in [0.717, 1.165) is 32.1 Å². The van der Waals surface area contributed by atoms with Crippen molar-refractivity contribution in [2.45, 2.75) is 71.0 Å². The molecular weight excluding hydrogens is 611 g/mol. The third-order valence-corrected chi connectivity index (χ3v) is 10.1. The lowest BCUT2D eigenvalue weighted by atomic mass is 10.0. The molecule has 0 saturated heterocycles. The highest BCUT2D eigenvalue weighted by Gasteiger charge is 2.36. The Morgan fingerprint density at radius 1 is 0.851 bits per heavy atom. The lowest BCUT2D eigenvalue weighted by Gasteiger charge is -2.35. The molecule has 248 valence electrons. The van der Waals surface area contributed by atoms with E-state index in [1.165, 1.54) is 24.1 Å². The highest BCUT2D eigenvalue weighted by molar-refractivity contribution is 7.92. The largest absolute Gasteiger partial charge is 0.495 e. The van der Waals surface area contributed by atoms with Crippen LogP contribution in [0.1, 0.15) is 48.1 Å². The van der Waals surface area contributed by atoms with Crippen molar-refractivity contribution < 1.29 is 22.7 Å². The minimum atomic E-state index is -4.25. The summed E-state index contributed by atoms with van der Waals surface area (Å²) in [5, 5.41) is 3.07. The molecule has 2 atom stereocenters. The van der Waals surface area contributed by atoms with Gasteiger partial charge in [-0.3, -0.25) is 13.9 Å². The topological polar surface area (TPSA) is 96.0 Å². The Morgan fingerprint density at radius 3 is 2.13 bits per heavy atom. The molecule has 0 fully saturated rings. The molecule has 0 aromatic heterocycles. The maximum absolute atomic E-state index is 14.7. The van der Waals surface area contributed by atoms with Gasteiger partial charge < -0.3 is 15.0 Å². The first kappa shape index (κ1) is 35.2. The molecule has 2 amide bonds. The van der Waals surface area contributed by atoms with Crippen molar-refractivity contribution in [3.8, 4) is 5.75 Å². The molecular formula is C38H45N3O5S. The third kappa shape index (κ3) is 8.80. The van der Waals surface area contributed by atoms with Crippen molar-refractivity contribution in [2.24, 2.45) is 0 Å². The number of methoxy groups -OCH3 is 1. The highest BCUT2D eigenvalue weighted by atomic mass is 32.2. The van der Waals surface area contributed by atoms with Gasteiger partial charge in [0.2, 0.25) is 11.8 Å². The summed E-state index contributed by atoms with van der Waals surface area (Å²) in [7, 11) is -2.79. The second-order valence-electron chi connectivity index (χ2n) is 12.0. The molecule has 8 nitrogen and oxygen atoms in total. The summed E-state index contributed by atoms with van der Waals surface area (Å²) in [4.78, 5) is 30.3. The van der Waals surface area contributed by atoms with Gasteiger partial charge in [0.05, 0.1) is 17.7 Å². The van der Waals surface area contributed by atoms with Gasteiger partial charge in [0.15, 0.2) is 0 Å². The average molecular weight is 656 g/mol. The van der Waals surface area contributed by atoms with E-state index >= 15 is 0 Å². The minimum absolute atomic E-state index is 0.0419. The molecule has 0 saturated carbocycles. The van der Waals surface area contributed by atoms with Crippen LogP contribution in [-0.2, 0) is 32.6 Å². The molecule has 0 aliphatic rings. The second-order valence-corrected chi connectivity index (χ2v) is 13.8. The van der Waals surface area contributed by atoms with Crippen LogP contribution in [0.5, 0.6) is 5.75 Å². The summed E-state index contributed by atoms with van der Waals surface area (Å²) >= 11 is 0. The molecule has 1 N–H and O–H groups in total. The van der Waals surface area contributed by atoms with Crippen molar-refractivity contribution in [3.63, 3.8) is 0 Å². The number of hydrogen-bond donors (Lipinski definition) is 1. The van der Waals surface area contributed by atoms with Crippen LogP contribution < -0.4 is 14.4 Å². The molecule has 4 aromatic rings. The van der Waals surface area contributed by atoms with Gasteiger partial charge in [0.1, 0.15) is 18.3 Å². The van der Waals surface area contributed by atoms with Crippen LogP contribution in [-0.4, -0.2) is 50.9 Å². The monoisotopic (exact) mass is 655 g/mol. The summed E-state index contributed by atoms with van der Waals surface area (Å²) in [6.07, 6.45) is 0.963. The Morgan fingerprint density at radius 2 is 1.49 bits per heavy atom. The molecule has 47 heavy (non-hydrogen) atoms. The van der Waals surface area contributed by atoms with Gasteiger partial charge in [-0.25, -0.2) is 8.42 Å². The standard InChI is InChI=1S/C38H45N3O5S/c1-7-30(5)39-38(43)35(24-31-14-9-8-10-15-31)40(25-32-16-12-11-13-29(32)4)37(42)26-41(34-23-28(3)19-22-36(34)46-6)47(44,45)33-20-17-27(2)18-21-33/h8-23,30,35H,7,24-26H2,1-6H3,(H,39,43)/t30-,35-/m0/s1. The zero-order valence-corrected chi connectivity index (χ0v) is 28.9. The number of benzene rings is 4. The smallest absolute Gasteiger partial charge is 0.264 e. The van der Waals surface area contributed by atoms with E-state index in [0.29, 0.717) is 12.2 Å². The maximum atomic E-state index is 14.7. The summed E-state index contributed by atoms with van der Waals surface area (Å²) < 4.78 is 35.5. The first-order valence-electron chi connectivity index (χ1n) is 15.9. The second kappa shape index (κ2) is 15.8. The fourth-order valence-corrected chi connectivity index (χ4v) is 6.73. The molecule has 9 heteroatoms. The Kier molecular flexibility index (Phi) is 11.8. The number of anilines is 1. The van der Waals surface area contributed by atoms with E-state index in [2.05, 4.69) is 5.32 Å². The number of carbonyl (C=O) groups is 2. The number of sulfonamides is 1. The maximum Gasteiger partial charge on any atom is 0.264 e. The first-order valence-corrected chi connectivity index (χ1v) is 17.3. The van der Waals surface area contributed by atoms with Crippen LogP contribution in [0.3, 0.4) is 0 Å². The van der Waals surface area contributed by atoms with E-state index in [-0.39, 0.29) is 35.5 Å². The number of nitrogens with one attached hydrogen (secondary N) is 1. The number of ether oxygens (including phenoxy) is 1. The predicted octanol–water partition coefficient (Wildman–Crippen LogP) is 6.37. The Balaban J connectivity index is 1.87. The summed E-state index contributed by atoms with van der Waals surface area (Å²) in [5.74, 6) is -0.515. The van der Waals surface area contributed by atoms with Crippen molar-refractivity contribution in [1.29, 1.82) is 0 Å². The Hall–Kier alpha value is -4.63. The Labute approximate surface area is 279 Å². The average Bonchev–Trinajstić information content (AvgIpc) is 3.06. The summed E-state index contributed by atoms with van der Waals surface area (Å²) in [6.45, 7) is 9.14. The van der Waals surface area contributed by atoms with Crippen molar-refractivity contribution in [3.05, 3.63) is 125 Å². The predicted molar refractivity (Wildman–Crippen MR) is 187 cm³/mol. The lowest BCUT2D eigenvalue weighted by Crippen LogP contribution is -2.54. The van der Waals surface area contributed by atoms with Crippen LogP contribution in [0, 0.1) is 20.8 Å². The lowest BCUT2D eigenvalue weighted by molar-refractivity contribution is -0.140. The molecule has 0 aliphatic heterocycles. The molecule has 4 rings (SSSR count). The number of aryl methyl sites for hydroxylation is 3. The van der Waals surface area contributed by atoms with Gasteiger partial charge in [0.25, 0.3) is 10.0 Å². The van der Waals surface area contributed by atoms with Crippen LogP contribution in [0.25, 0.3) is 0 Å².